The average molecular weight is 307 g/mol. The van der Waals surface area contributed by atoms with E-state index in [4.69, 9.17) is 0 Å². The summed E-state index contributed by atoms with van der Waals surface area (Å²) < 4.78 is 0. The lowest BCUT2D eigenvalue weighted by Crippen LogP contribution is -2.45. The summed E-state index contributed by atoms with van der Waals surface area (Å²) in [7, 11) is 0. The van der Waals surface area contributed by atoms with E-state index in [0.29, 0.717) is 18.8 Å². The molecule has 1 aromatic rings. The first-order chi connectivity index (χ1) is 10.5. The minimum Gasteiger partial charge on any atom is -0.393 e. The number of carbonyl (C=O) groups is 1. The number of benzene rings is 1. The van der Waals surface area contributed by atoms with Crippen molar-refractivity contribution in [1.29, 1.82) is 0 Å². The van der Waals surface area contributed by atoms with Gasteiger partial charge in [0.05, 0.1) is 17.6 Å². The largest absolute Gasteiger partial charge is 0.393 e. The predicted octanol–water partition coefficient (Wildman–Crippen LogP) is 1.63. The van der Waals surface area contributed by atoms with Gasteiger partial charge in [0.15, 0.2) is 0 Å². The van der Waals surface area contributed by atoms with Crippen molar-refractivity contribution in [1.82, 2.24) is 4.90 Å². The third-order valence-corrected chi connectivity index (χ3v) is 4.02. The first kappa shape index (κ1) is 16.2. The summed E-state index contributed by atoms with van der Waals surface area (Å²) in [4.78, 5) is 24.4. The predicted molar refractivity (Wildman–Crippen MR) is 82.6 cm³/mol. The highest BCUT2D eigenvalue weighted by Crippen LogP contribution is 2.23. The molecule has 120 valence electrons. The van der Waals surface area contributed by atoms with E-state index in [-0.39, 0.29) is 24.1 Å². The van der Waals surface area contributed by atoms with Gasteiger partial charge in [-0.25, -0.2) is 0 Å². The van der Waals surface area contributed by atoms with E-state index in [1.807, 2.05) is 0 Å². The number of nitrogens with one attached hydrogen (secondary N) is 1. The summed E-state index contributed by atoms with van der Waals surface area (Å²) in [5.41, 5.74) is 0.292. The van der Waals surface area contributed by atoms with E-state index in [9.17, 15) is 20.0 Å². The number of para-hydroxylation sites is 2. The Morgan fingerprint density at radius 1 is 1.55 bits per heavy atom. The van der Waals surface area contributed by atoms with Gasteiger partial charge in [-0.2, -0.15) is 0 Å². The fraction of sp³-hybridized carbons (Fsp3) is 0.533. The van der Waals surface area contributed by atoms with Crippen LogP contribution >= 0.6 is 0 Å². The van der Waals surface area contributed by atoms with Crippen LogP contribution in [0.2, 0.25) is 0 Å². The highest BCUT2D eigenvalue weighted by atomic mass is 16.6. The van der Waals surface area contributed by atoms with Crippen LogP contribution in [0.4, 0.5) is 11.4 Å². The molecule has 1 heterocycles. The molecule has 2 unspecified atom stereocenters. The molecule has 0 bridgehead atoms. The topological polar surface area (TPSA) is 95.7 Å². The number of nitro groups is 1. The van der Waals surface area contributed by atoms with Crippen LogP contribution in [-0.4, -0.2) is 46.6 Å². The number of aliphatic hydroxyl groups is 1. The fourth-order valence-electron chi connectivity index (χ4n) is 2.70. The maximum Gasteiger partial charge on any atom is 0.292 e. The van der Waals surface area contributed by atoms with Crippen molar-refractivity contribution in [2.24, 2.45) is 5.92 Å². The minimum atomic E-state index is -0.475. The monoisotopic (exact) mass is 307 g/mol. The summed E-state index contributed by atoms with van der Waals surface area (Å²) in [5.74, 6) is -0.00716. The van der Waals surface area contributed by atoms with Crippen molar-refractivity contribution < 1.29 is 14.8 Å². The molecule has 0 aromatic heterocycles. The molecule has 1 saturated heterocycles. The van der Waals surface area contributed by atoms with Crippen molar-refractivity contribution in [2.75, 3.05) is 25.0 Å². The smallest absolute Gasteiger partial charge is 0.292 e. The van der Waals surface area contributed by atoms with Gasteiger partial charge >= 0.3 is 0 Å². The molecule has 1 amide bonds. The molecule has 0 saturated carbocycles. The number of piperidine rings is 1. The zero-order valence-corrected chi connectivity index (χ0v) is 12.6. The van der Waals surface area contributed by atoms with Crippen LogP contribution in [-0.2, 0) is 4.79 Å². The van der Waals surface area contributed by atoms with E-state index < -0.39 is 11.0 Å². The number of nitrogens with zero attached hydrogens (tertiary/aromatic N) is 2. The number of likely N-dealkylation sites (tertiary alicyclic amines) is 1. The zero-order valence-electron chi connectivity index (χ0n) is 12.6. The van der Waals surface area contributed by atoms with Crippen molar-refractivity contribution in [3.63, 3.8) is 0 Å². The first-order valence-corrected chi connectivity index (χ1v) is 7.42. The van der Waals surface area contributed by atoms with Crippen LogP contribution in [0.15, 0.2) is 24.3 Å². The lowest BCUT2D eigenvalue weighted by molar-refractivity contribution is -0.383. The number of anilines is 1. The normalized spacial score (nSPS) is 19.5. The molecule has 2 N–H and O–H groups in total. The molecule has 22 heavy (non-hydrogen) atoms. The highest BCUT2D eigenvalue weighted by molar-refractivity contribution is 5.82. The summed E-state index contributed by atoms with van der Waals surface area (Å²) in [6.45, 7) is 2.96. The number of carbonyl (C=O) groups excluding carboxylic acids is 1. The van der Waals surface area contributed by atoms with Crippen molar-refractivity contribution in [3.8, 4) is 0 Å². The van der Waals surface area contributed by atoms with E-state index in [1.165, 1.54) is 6.07 Å². The Morgan fingerprint density at radius 3 is 2.95 bits per heavy atom. The Balaban J connectivity index is 1.94. The Bertz CT molecular complexity index is 547. The van der Waals surface area contributed by atoms with Gasteiger partial charge in [0, 0.05) is 25.1 Å². The van der Waals surface area contributed by atoms with Crippen LogP contribution in [0.5, 0.6) is 0 Å². The quantitative estimate of drug-likeness (QED) is 0.636. The molecule has 7 heteroatoms. The molecule has 1 aliphatic heterocycles. The zero-order chi connectivity index (χ0) is 16.1. The number of hydrogen-bond donors (Lipinski definition) is 2. The molecule has 0 radical (unpaired) electrons. The maximum absolute atomic E-state index is 12.2. The second-order valence-corrected chi connectivity index (χ2v) is 5.61. The summed E-state index contributed by atoms with van der Waals surface area (Å²) in [5, 5.41) is 23.4. The van der Waals surface area contributed by atoms with Crippen molar-refractivity contribution in [2.45, 2.75) is 25.9 Å². The molecule has 2 rings (SSSR count). The van der Waals surface area contributed by atoms with Gasteiger partial charge < -0.3 is 15.3 Å². The minimum absolute atomic E-state index is 0.0113. The molecule has 7 nitrogen and oxygen atoms in total. The Hall–Kier alpha value is -2.15. The number of rotatable bonds is 5. The highest BCUT2D eigenvalue weighted by Gasteiger charge is 2.26. The third kappa shape index (κ3) is 3.94. The van der Waals surface area contributed by atoms with Gasteiger partial charge in [0.2, 0.25) is 5.91 Å². The Morgan fingerprint density at radius 2 is 2.27 bits per heavy atom. The van der Waals surface area contributed by atoms with Gasteiger partial charge in [-0.15, -0.1) is 0 Å². The summed E-state index contributed by atoms with van der Waals surface area (Å²) in [6.07, 6.45) is 1.35. The summed E-state index contributed by atoms with van der Waals surface area (Å²) in [6, 6.07) is 6.25. The van der Waals surface area contributed by atoms with Gasteiger partial charge in [0.25, 0.3) is 5.69 Å². The average Bonchev–Trinajstić information content (AvgIpc) is 2.52. The number of amides is 1. The van der Waals surface area contributed by atoms with Crippen molar-refractivity contribution >= 4 is 17.3 Å². The lowest BCUT2D eigenvalue weighted by Gasteiger charge is -2.34. The standard InChI is InChI=1S/C15H21N3O4/c1-11(19)12-5-4-8-17(10-12)15(20)9-16-13-6-2-3-7-14(13)18(21)22/h2-3,6-7,11-12,16,19H,4-5,8-10H2,1H3. The molecule has 1 aliphatic rings. The van der Waals surface area contributed by atoms with Gasteiger partial charge in [-0.1, -0.05) is 12.1 Å². The van der Waals surface area contributed by atoms with E-state index in [1.54, 1.807) is 30.0 Å². The molecule has 0 aliphatic carbocycles. The molecule has 0 spiro atoms. The SMILES string of the molecule is CC(O)C1CCCN(C(=O)CNc2ccccc2[N+](=O)[O-])C1. The number of nitro benzene ring substituents is 1. The summed E-state index contributed by atoms with van der Waals surface area (Å²) >= 11 is 0. The van der Waals surface area contributed by atoms with Crippen LogP contribution in [0.25, 0.3) is 0 Å². The van der Waals surface area contributed by atoms with E-state index in [0.717, 1.165) is 12.8 Å². The third-order valence-electron chi connectivity index (χ3n) is 4.02. The molecular formula is C15H21N3O4. The van der Waals surface area contributed by atoms with Crippen LogP contribution < -0.4 is 5.32 Å². The lowest BCUT2D eigenvalue weighted by atomic mass is 9.93. The fourth-order valence-corrected chi connectivity index (χ4v) is 2.70. The Kier molecular flexibility index (Phi) is 5.32. The second kappa shape index (κ2) is 7.22. The van der Waals surface area contributed by atoms with E-state index in [2.05, 4.69) is 5.32 Å². The van der Waals surface area contributed by atoms with E-state index >= 15 is 0 Å². The van der Waals surface area contributed by atoms with Crippen LogP contribution in [0.1, 0.15) is 19.8 Å². The maximum atomic E-state index is 12.2. The second-order valence-electron chi connectivity index (χ2n) is 5.61. The van der Waals surface area contributed by atoms with Crippen LogP contribution in [0.3, 0.4) is 0 Å². The Labute approximate surface area is 129 Å². The van der Waals surface area contributed by atoms with Crippen molar-refractivity contribution in [3.05, 3.63) is 34.4 Å². The molecule has 1 aromatic carbocycles. The molecule has 2 atom stereocenters. The van der Waals surface area contributed by atoms with Gasteiger partial charge in [-0.05, 0) is 25.8 Å². The number of hydrogen-bond acceptors (Lipinski definition) is 5. The van der Waals surface area contributed by atoms with Crippen LogP contribution in [0, 0.1) is 16.0 Å². The van der Waals surface area contributed by atoms with Gasteiger partial charge in [-0.3, -0.25) is 14.9 Å². The first-order valence-electron chi connectivity index (χ1n) is 7.42. The van der Waals surface area contributed by atoms with Gasteiger partial charge in [0.1, 0.15) is 5.69 Å². The molecular weight excluding hydrogens is 286 g/mol. The number of aliphatic hydroxyl groups excluding tert-OH is 1. The molecule has 1 fully saturated rings.